The molecule has 0 aromatic carbocycles. The Morgan fingerprint density at radius 2 is 2.44 bits per heavy atom. The van der Waals surface area contributed by atoms with Crippen LogP contribution >= 0.6 is 12.6 Å². The lowest BCUT2D eigenvalue weighted by Crippen LogP contribution is -2.08. The van der Waals surface area contributed by atoms with E-state index in [-0.39, 0.29) is 0 Å². The predicted molar refractivity (Wildman–Crippen MR) is 44.1 cm³/mol. The number of rotatable bonds is 3. The van der Waals surface area contributed by atoms with Crippen LogP contribution in [0.2, 0.25) is 0 Å². The Kier molecular flexibility index (Phi) is 3.44. The van der Waals surface area contributed by atoms with Gasteiger partial charge >= 0.3 is 0 Å². The van der Waals surface area contributed by atoms with Gasteiger partial charge in [-0.2, -0.15) is 12.6 Å². The molecule has 1 aliphatic heterocycles. The maximum absolute atomic E-state index is 4.17. The minimum atomic E-state index is 0.956. The molecule has 0 aromatic heterocycles. The van der Waals surface area contributed by atoms with Gasteiger partial charge in [0.05, 0.1) is 0 Å². The summed E-state index contributed by atoms with van der Waals surface area (Å²) in [6, 6.07) is 0. The fourth-order valence-corrected chi connectivity index (χ4v) is 1.52. The van der Waals surface area contributed by atoms with Crippen molar-refractivity contribution < 1.29 is 0 Å². The van der Waals surface area contributed by atoms with Crippen molar-refractivity contribution >= 4 is 12.6 Å². The number of hydrogen-bond donors (Lipinski definition) is 2. The molecule has 1 heterocycles. The van der Waals surface area contributed by atoms with Gasteiger partial charge in [-0.15, -0.1) is 0 Å². The van der Waals surface area contributed by atoms with E-state index in [1.54, 1.807) is 0 Å². The summed E-state index contributed by atoms with van der Waals surface area (Å²) < 4.78 is 0. The van der Waals surface area contributed by atoms with Crippen LogP contribution in [0.5, 0.6) is 0 Å². The molecule has 1 rings (SSSR count). The lowest BCUT2D eigenvalue weighted by Gasteiger charge is -2.04. The third-order valence-corrected chi connectivity index (χ3v) is 2.25. The summed E-state index contributed by atoms with van der Waals surface area (Å²) in [4.78, 5) is 0. The quantitative estimate of drug-likeness (QED) is 0.571. The van der Waals surface area contributed by atoms with E-state index in [0.29, 0.717) is 0 Å². The first-order valence-corrected chi connectivity index (χ1v) is 4.38. The fourth-order valence-electron chi connectivity index (χ4n) is 1.34. The molecule has 0 amide bonds. The zero-order chi connectivity index (χ0) is 6.53. The number of thiol groups is 1. The molecule has 1 fully saturated rings. The molecule has 1 nitrogen and oxygen atoms in total. The number of nitrogens with one attached hydrogen (secondary N) is 1. The molecular weight excluding hydrogens is 130 g/mol. The summed E-state index contributed by atoms with van der Waals surface area (Å²) in [5.41, 5.74) is 0. The predicted octanol–water partition coefficient (Wildman–Crippen LogP) is 1.31. The third-order valence-electron chi connectivity index (χ3n) is 1.93. The molecule has 0 radical (unpaired) electrons. The van der Waals surface area contributed by atoms with Crippen LogP contribution in [0.1, 0.15) is 19.3 Å². The molecule has 54 valence electrons. The van der Waals surface area contributed by atoms with Crippen LogP contribution < -0.4 is 5.32 Å². The van der Waals surface area contributed by atoms with Crippen LogP contribution in [0.15, 0.2) is 0 Å². The molecule has 0 aromatic rings. The summed E-state index contributed by atoms with van der Waals surface area (Å²) in [5.74, 6) is 2.01. The second-order valence-electron chi connectivity index (χ2n) is 2.72. The summed E-state index contributed by atoms with van der Waals surface area (Å²) in [7, 11) is 0. The van der Waals surface area contributed by atoms with Gasteiger partial charge in [-0.05, 0) is 44.0 Å². The highest BCUT2D eigenvalue weighted by molar-refractivity contribution is 7.80. The van der Waals surface area contributed by atoms with E-state index in [1.165, 1.54) is 32.4 Å². The summed E-state index contributed by atoms with van der Waals surface area (Å²) in [5, 5.41) is 3.36. The van der Waals surface area contributed by atoms with Crippen molar-refractivity contribution in [3.63, 3.8) is 0 Å². The molecule has 1 unspecified atom stereocenters. The van der Waals surface area contributed by atoms with Crippen LogP contribution in [0.4, 0.5) is 0 Å². The lowest BCUT2D eigenvalue weighted by molar-refractivity contribution is 0.527. The Morgan fingerprint density at radius 3 is 3.00 bits per heavy atom. The van der Waals surface area contributed by atoms with Gasteiger partial charge in [0.1, 0.15) is 0 Å². The van der Waals surface area contributed by atoms with Crippen molar-refractivity contribution in [1.82, 2.24) is 5.32 Å². The van der Waals surface area contributed by atoms with Gasteiger partial charge in [-0.1, -0.05) is 0 Å². The van der Waals surface area contributed by atoms with E-state index in [9.17, 15) is 0 Å². The first-order valence-electron chi connectivity index (χ1n) is 3.75. The first kappa shape index (κ1) is 7.42. The Labute approximate surface area is 62.6 Å². The standard InChI is InChI=1S/C7H15NS/c9-5-1-2-7-3-4-8-6-7/h7-9H,1-6H2. The summed E-state index contributed by atoms with van der Waals surface area (Å²) >= 11 is 4.17. The van der Waals surface area contributed by atoms with E-state index in [2.05, 4.69) is 17.9 Å². The van der Waals surface area contributed by atoms with Crippen molar-refractivity contribution in [1.29, 1.82) is 0 Å². The topological polar surface area (TPSA) is 12.0 Å². The van der Waals surface area contributed by atoms with Crippen molar-refractivity contribution in [2.45, 2.75) is 19.3 Å². The van der Waals surface area contributed by atoms with Gasteiger partial charge in [-0.25, -0.2) is 0 Å². The van der Waals surface area contributed by atoms with E-state index >= 15 is 0 Å². The molecule has 0 bridgehead atoms. The molecule has 0 aliphatic carbocycles. The van der Waals surface area contributed by atoms with Gasteiger partial charge in [0.2, 0.25) is 0 Å². The molecular formula is C7H15NS. The van der Waals surface area contributed by atoms with Crippen molar-refractivity contribution in [3.05, 3.63) is 0 Å². The molecule has 0 spiro atoms. The Balaban J connectivity index is 1.98. The van der Waals surface area contributed by atoms with Crippen LogP contribution in [-0.4, -0.2) is 18.8 Å². The van der Waals surface area contributed by atoms with Crippen molar-refractivity contribution in [3.8, 4) is 0 Å². The first-order chi connectivity index (χ1) is 4.43. The average molecular weight is 145 g/mol. The highest BCUT2D eigenvalue weighted by atomic mass is 32.1. The molecule has 0 saturated carbocycles. The monoisotopic (exact) mass is 145 g/mol. The van der Waals surface area contributed by atoms with E-state index in [0.717, 1.165) is 11.7 Å². The fraction of sp³-hybridized carbons (Fsp3) is 1.00. The molecule has 1 aliphatic rings. The molecule has 2 heteroatoms. The second kappa shape index (κ2) is 4.18. The van der Waals surface area contributed by atoms with Crippen LogP contribution in [0.3, 0.4) is 0 Å². The van der Waals surface area contributed by atoms with Crippen molar-refractivity contribution in [2.75, 3.05) is 18.8 Å². The maximum Gasteiger partial charge on any atom is -0.00200 e. The van der Waals surface area contributed by atoms with E-state index < -0.39 is 0 Å². The summed E-state index contributed by atoms with van der Waals surface area (Å²) in [6.45, 7) is 2.48. The van der Waals surface area contributed by atoms with Gasteiger partial charge in [-0.3, -0.25) is 0 Å². The van der Waals surface area contributed by atoms with Crippen LogP contribution in [-0.2, 0) is 0 Å². The second-order valence-corrected chi connectivity index (χ2v) is 3.17. The lowest BCUT2D eigenvalue weighted by atomic mass is 10.0. The van der Waals surface area contributed by atoms with Gasteiger partial charge in [0.25, 0.3) is 0 Å². The van der Waals surface area contributed by atoms with Crippen LogP contribution in [0.25, 0.3) is 0 Å². The molecule has 1 atom stereocenters. The SMILES string of the molecule is SCCCC1CCNC1. The van der Waals surface area contributed by atoms with Gasteiger partial charge < -0.3 is 5.32 Å². The van der Waals surface area contributed by atoms with Gasteiger partial charge in [0.15, 0.2) is 0 Å². The minimum absolute atomic E-state index is 0.956. The van der Waals surface area contributed by atoms with Gasteiger partial charge in [0, 0.05) is 0 Å². The zero-order valence-corrected chi connectivity index (χ0v) is 6.66. The largest absolute Gasteiger partial charge is 0.316 e. The Morgan fingerprint density at radius 1 is 1.56 bits per heavy atom. The third kappa shape index (κ3) is 2.59. The average Bonchev–Trinajstić information content (AvgIpc) is 2.34. The zero-order valence-electron chi connectivity index (χ0n) is 5.77. The summed E-state index contributed by atoms with van der Waals surface area (Å²) in [6.07, 6.45) is 4.04. The normalized spacial score (nSPS) is 27.0. The Bertz CT molecular complexity index is 69.3. The molecule has 1 N–H and O–H groups in total. The smallest absolute Gasteiger partial charge is 0.00200 e. The molecule has 9 heavy (non-hydrogen) atoms. The highest BCUT2D eigenvalue weighted by Gasteiger charge is 2.12. The van der Waals surface area contributed by atoms with E-state index in [1.807, 2.05) is 0 Å². The highest BCUT2D eigenvalue weighted by Crippen LogP contribution is 2.13. The van der Waals surface area contributed by atoms with E-state index in [4.69, 9.17) is 0 Å². The maximum atomic E-state index is 4.17. The molecule has 1 saturated heterocycles. The Hall–Kier alpha value is 0.310. The minimum Gasteiger partial charge on any atom is -0.316 e. The van der Waals surface area contributed by atoms with Crippen molar-refractivity contribution in [2.24, 2.45) is 5.92 Å². The van der Waals surface area contributed by atoms with Crippen LogP contribution in [0, 0.1) is 5.92 Å². The number of hydrogen-bond acceptors (Lipinski definition) is 2.